The number of allylic oxidation sites excluding steroid dienone is 2. The van der Waals surface area contributed by atoms with Crippen LogP contribution in [0.5, 0.6) is 17.2 Å². The molecular weight excluding hydrogens is 534 g/mol. The molecule has 0 aromatic heterocycles. The van der Waals surface area contributed by atoms with Crippen LogP contribution in [0, 0.1) is 40.8 Å². The van der Waals surface area contributed by atoms with Gasteiger partial charge < -0.3 is 14.9 Å². The molecule has 0 spiro atoms. The molecule has 5 rings (SSSR count). The van der Waals surface area contributed by atoms with Gasteiger partial charge in [-0.15, -0.1) is 0 Å². The molecule has 40 heavy (non-hydrogen) atoms. The molecule has 0 bridgehead atoms. The molecule has 3 aromatic rings. The average molecular weight is 563 g/mol. The number of rotatable bonds is 6. The molecule has 0 heterocycles. The van der Waals surface area contributed by atoms with E-state index in [4.69, 9.17) is 4.74 Å². The van der Waals surface area contributed by atoms with Crippen molar-refractivity contribution in [3.05, 3.63) is 94.1 Å². The first-order valence-corrected chi connectivity index (χ1v) is 13.3. The highest BCUT2D eigenvalue weighted by Crippen LogP contribution is 2.41. The van der Waals surface area contributed by atoms with Crippen molar-refractivity contribution < 1.29 is 41.3 Å². The number of phenolic OH excluding ortho intramolecular Hbond substituents is 2. The number of aromatic hydroxyl groups is 2. The summed E-state index contributed by atoms with van der Waals surface area (Å²) >= 11 is 0. The lowest BCUT2D eigenvalue weighted by Gasteiger charge is -2.29. The van der Waals surface area contributed by atoms with Crippen LogP contribution in [0.15, 0.2) is 42.5 Å². The Labute approximate surface area is 227 Å². The minimum absolute atomic E-state index is 0.0374. The van der Waals surface area contributed by atoms with Gasteiger partial charge in [0.2, 0.25) is 17.5 Å². The average Bonchev–Trinajstić information content (AvgIpc) is 2.96. The van der Waals surface area contributed by atoms with Crippen LogP contribution >= 0.6 is 0 Å². The van der Waals surface area contributed by atoms with Crippen LogP contribution in [0.4, 0.5) is 26.3 Å². The fraction of sp³-hybridized carbons (Fsp3) is 0.355. The topological polar surface area (TPSA) is 49.7 Å². The van der Waals surface area contributed by atoms with Gasteiger partial charge in [-0.1, -0.05) is 18.2 Å². The normalized spacial score (nSPS) is 21.2. The van der Waals surface area contributed by atoms with E-state index in [1.165, 1.54) is 24.3 Å². The van der Waals surface area contributed by atoms with Crippen LogP contribution in [0.2, 0.25) is 0 Å². The summed E-state index contributed by atoms with van der Waals surface area (Å²) in [5.74, 6) is -9.06. The standard InChI is InChI=1S/C31H28F6O3/c32-26-20(9-12-23(38)29(26)35)17-3-1-16(2-4-17)15-40-25-14-11-22(28(34)31(25)37)19-7-5-18(6-8-19)21-10-13-24(39)30(36)27(21)33/h5,9-14,16-17,19,38-39H,1-4,6-8,15H2. The molecule has 1 saturated carbocycles. The molecule has 1 fully saturated rings. The first-order valence-electron chi connectivity index (χ1n) is 13.3. The molecule has 212 valence electrons. The van der Waals surface area contributed by atoms with E-state index in [0.717, 1.165) is 12.1 Å². The van der Waals surface area contributed by atoms with E-state index in [2.05, 4.69) is 0 Å². The Morgan fingerprint density at radius 2 is 1.23 bits per heavy atom. The number of benzene rings is 3. The van der Waals surface area contributed by atoms with Gasteiger partial charge in [0.15, 0.2) is 34.7 Å². The lowest BCUT2D eigenvalue weighted by atomic mass is 9.79. The van der Waals surface area contributed by atoms with E-state index >= 15 is 4.39 Å². The summed E-state index contributed by atoms with van der Waals surface area (Å²) in [6, 6.07) is 7.78. The molecule has 0 aliphatic heterocycles. The van der Waals surface area contributed by atoms with Gasteiger partial charge >= 0.3 is 0 Å². The number of hydrogen-bond acceptors (Lipinski definition) is 3. The van der Waals surface area contributed by atoms with Gasteiger partial charge in [-0.2, -0.15) is 13.2 Å². The van der Waals surface area contributed by atoms with Gasteiger partial charge in [-0.3, -0.25) is 0 Å². The number of hydrogen-bond donors (Lipinski definition) is 2. The van der Waals surface area contributed by atoms with E-state index < -0.39 is 46.4 Å². The van der Waals surface area contributed by atoms with Crippen molar-refractivity contribution in [2.45, 2.75) is 56.8 Å². The largest absolute Gasteiger partial charge is 0.505 e. The Morgan fingerprint density at radius 1 is 0.625 bits per heavy atom. The maximum atomic E-state index is 15.0. The lowest BCUT2D eigenvalue weighted by molar-refractivity contribution is 0.191. The van der Waals surface area contributed by atoms with Crippen LogP contribution in [-0.4, -0.2) is 16.8 Å². The summed E-state index contributed by atoms with van der Waals surface area (Å²) in [4.78, 5) is 0. The molecule has 2 aliphatic rings. The van der Waals surface area contributed by atoms with E-state index in [-0.39, 0.29) is 46.8 Å². The molecule has 9 heteroatoms. The fourth-order valence-corrected chi connectivity index (χ4v) is 5.84. The number of phenols is 2. The minimum Gasteiger partial charge on any atom is -0.505 e. The van der Waals surface area contributed by atoms with Crippen molar-refractivity contribution in [1.29, 1.82) is 0 Å². The molecule has 3 nitrogen and oxygen atoms in total. The van der Waals surface area contributed by atoms with Crippen molar-refractivity contribution in [1.82, 2.24) is 0 Å². The fourth-order valence-electron chi connectivity index (χ4n) is 5.84. The highest BCUT2D eigenvalue weighted by atomic mass is 19.2. The molecule has 1 atom stereocenters. The van der Waals surface area contributed by atoms with Crippen molar-refractivity contribution in [3.8, 4) is 17.2 Å². The summed E-state index contributed by atoms with van der Waals surface area (Å²) in [5, 5.41) is 18.7. The summed E-state index contributed by atoms with van der Waals surface area (Å²) in [5.41, 5.74) is 0.990. The molecular formula is C31H28F6O3. The predicted molar refractivity (Wildman–Crippen MR) is 137 cm³/mol. The van der Waals surface area contributed by atoms with Crippen LogP contribution in [0.25, 0.3) is 5.57 Å². The smallest absolute Gasteiger partial charge is 0.200 e. The summed E-state index contributed by atoms with van der Waals surface area (Å²) in [7, 11) is 0. The molecule has 1 unspecified atom stereocenters. The van der Waals surface area contributed by atoms with Crippen LogP contribution in [-0.2, 0) is 0 Å². The Balaban J connectivity index is 1.19. The van der Waals surface area contributed by atoms with E-state index in [0.29, 0.717) is 50.5 Å². The molecule has 3 aromatic carbocycles. The molecule has 2 aliphatic carbocycles. The Bertz CT molecular complexity index is 1450. The number of ether oxygens (including phenoxy) is 1. The van der Waals surface area contributed by atoms with Crippen molar-refractivity contribution in [2.24, 2.45) is 5.92 Å². The van der Waals surface area contributed by atoms with E-state index in [1.807, 2.05) is 0 Å². The Hall–Kier alpha value is -3.62. The second-order valence-corrected chi connectivity index (χ2v) is 10.6. The summed E-state index contributed by atoms with van der Waals surface area (Å²) in [6.07, 6.45) is 5.13. The van der Waals surface area contributed by atoms with Gasteiger partial charge in [0.1, 0.15) is 0 Å². The van der Waals surface area contributed by atoms with Crippen LogP contribution < -0.4 is 4.74 Å². The van der Waals surface area contributed by atoms with Crippen molar-refractivity contribution in [2.75, 3.05) is 6.61 Å². The first kappa shape index (κ1) is 27.9. The Morgan fingerprint density at radius 3 is 1.90 bits per heavy atom. The lowest BCUT2D eigenvalue weighted by Crippen LogP contribution is -2.20. The zero-order valence-electron chi connectivity index (χ0n) is 21.5. The monoisotopic (exact) mass is 562 g/mol. The SMILES string of the molecule is Oc1ccc(C2=CCC(c3ccc(OCC4CCC(c5ccc(O)c(F)c5F)CC4)c(F)c3F)CC2)c(F)c1F. The summed E-state index contributed by atoms with van der Waals surface area (Å²) in [6.45, 7) is 0.152. The quantitative estimate of drug-likeness (QED) is 0.296. The summed E-state index contributed by atoms with van der Waals surface area (Å²) < 4.78 is 91.5. The highest BCUT2D eigenvalue weighted by Gasteiger charge is 2.28. The van der Waals surface area contributed by atoms with E-state index in [9.17, 15) is 32.2 Å². The molecule has 0 radical (unpaired) electrons. The third kappa shape index (κ3) is 5.38. The predicted octanol–water partition coefficient (Wildman–Crippen LogP) is 8.64. The second-order valence-electron chi connectivity index (χ2n) is 10.6. The molecule has 0 saturated heterocycles. The third-order valence-corrected chi connectivity index (χ3v) is 8.19. The molecule has 2 N–H and O–H groups in total. The van der Waals surface area contributed by atoms with Crippen molar-refractivity contribution >= 4 is 5.57 Å². The minimum atomic E-state index is -1.32. The van der Waals surface area contributed by atoms with Crippen molar-refractivity contribution in [3.63, 3.8) is 0 Å². The van der Waals surface area contributed by atoms with Gasteiger partial charge in [0.25, 0.3) is 0 Å². The maximum Gasteiger partial charge on any atom is 0.200 e. The van der Waals surface area contributed by atoms with Gasteiger partial charge in [-0.25, -0.2) is 13.2 Å². The zero-order valence-corrected chi connectivity index (χ0v) is 21.5. The maximum absolute atomic E-state index is 15.0. The molecule has 0 amide bonds. The van der Waals surface area contributed by atoms with Gasteiger partial charge in [0.05, 0.1) is 6.61 Å². The third-order valence-electron chi connectivity index (χ3n) is 8.19. The highest BCUT2D eigenvalue weighted by molar-refractivity contribution is 5.68. The second kappa shape index (κ2) is 11.5. The van der Waals surface area contributed by atoms with Gasteiger partial charge in [-0.05, 0) is 104 Å². The number of halogens is 6. The van der Waals surface area contributed by atoms with Crippen LogP contribution in [0.1, 0.15) is 73.5 Å². The Kier molecular flexibility index (Phi) is 8.01. The zero-order chi connectivity index (χ0) is 28.6. The van der Waals surface area contributed by atoms with Gasteiger partial charge in [0, 0.05) is 5.56 Å². The van der Waals surface area contributed by atoms with E-state index in [1.54, 1.807) is 6.08 Å². The first-order chi connectivity index (χ1) is 19.2. The van der Waals surface area contributed by atoms with Crippen LogP contribution in [0.3, 0.4) is 0 Å².